The van der Waals surface area contributed by atoms with E-state index < -0.39 is 0 Å². The summed E-state index contributed by atoms with van der Waals surface area (Å²) in [5.41, 5.74) is 5.71. The highest BCUT2D eigenvalue weighted by atomic mass is 16.2. The minimum atomic E-state index is -0.169. The van der Waals surface area contributed by atoms with Crippen molar-refractivity contribution in [2.45, 2.75) is 57.0 Å². The van der Waals surface area contributed by atoms with Crippen molar-refractivity contribution < 1.29 is 4.79 Å². The molecule has 2 amide bonds. The van der Waals surface area contributed by atoms with Crippen LogP contribution in [0, 0.1) is 5.92 Å². The lowest BCUT2D eigenvalue weighted by Crippen LogP contribution is -2.61. The fourth-order valence-corrected chi connectivity index (χ4v) is 2.63. The van der Waals surface area contributed by atoms with E-state index in [0.717, 1.165) is 19.3 Å². The molecule has 4 heteroatoms. The number of rotatable bonds is 3. The number of hydrogen-bond acceptors (Lipinski definition) is 2. The van der Waals surface area contributed by atoms with Crippen LogP contribution in [0.2, 0.25) is 0 Å². The Balaban J connectivity index is 1.93. The number of nitrogens with one attached hydrogen (secondary N) is 2. The van der Waals surface area contributed by atoms with Gasteiger partial charge in [0.05, 0.1) is 5.54 Å². The van der Waals surface area contributed by atoms with E-state index in [1.165, 1.54) is 19.3 Å². The van der Waals surface area contributed by atoms with Gasteiger partial charge >= 0.3 is 6.03 Å². The maximum atomic E-state index is 11.8. The van der Waals surface area contributed by atoms with Gasteiger partial charge in [-0.2, -0.15) is 0 Å². The summed E-state index contributed by atoms with van der Waals surface area (Å²) < 4.78 is 0. The van der Waals surface area contributed by atoms with Gasteiger partial charge in [0.1, 0.15) is 0 Å². The van der Waals surface area contributed by atoms with Crippen molar-refractivity contribution in [1.82, 2.24) is 10.6 Å². The number of hydrogen-bond donors (Lipinski definition) is 3. The molecular formula is C12H23N3O. The van der Waals surface area contributed by atoms with E-state index in [4.69, 9.17) is 5.73 Å². The number of urea groups is 1. The topological polar surface area (TPSA) is 67.1 Å². The van der Waals surface area contributed by atoms with Gasteiger partial charge in [-0.1, -0.05) is 19.8 Å². The second kappa shape index (κ2) is 4.62. The van der Waals surface area contributed by atoms with Gasteiger partial charge < -0.3 is 16.4 Å². The molecule has 2 aliphatic rings. The predicted octanol–water partition coefficient (Wildman–Crippen LogP) is 1.36. The molecule has 0 radical (unpaired) electrons. The molecule has 0 heterocycles. The summed E-state index contributed by atoms with van der Waals surface area (Å²) in [6.07, 6.45) is 6.86. The van der Waals surface area contributed by atoms with Crippen molar-refractivity contribution in [3.63, 3.8) is 0 Å². The molecule has 2 aliphatic carbocycles. The maximum Gasteiger partial charge on any atom is 0.315 e. The summed E-state index contributed by atoms with van der Waals surface area (Å²) in [6, 6.07) is 0.385. The van der Waals surface area contributed by atoms with Crippen LogP contribution in [-0.4, -0.2) is 24.2 Å². The molecule has 0 aromatic heterocycles. The molecule has 2 saturated carbocycles. The summed E-state index contributed by atoms with van der Waals surface area (Å²) in [7, 11) is 0. The first-order chi connectivity index (χ1) is 7.66. The maximum absolute atomic E-state index is 11.8. The van der Waals surface area contributed by atoms with Gasteiger partial charge in [-0.25, -0.2) is 4.79 Å². The Labute approximate surface area is 97.3 Å². The van der Waals surface area contributed by atoms with Gasteiger partial charge in [0, 0.05) is 12.6 Å². The number of carbonyl (C=O) groups excluding carboxylic acids is 1. The van der Waals surface area contributed by atoms with E-state index in [0.29, 0.717) is 18.5 Å². The van der Waals surface area contributed by atoms with Crippen molar-refractivity contribution in [3.8, 4) is 0 Å². The largest absolute Gasteiger partial charge is 0.335 e. The highest BCUT2D eigenvalue weighted by Crippen LogP contribution is 2.32. The summed E-state index contributed by atoms with van der Waals surface area (Å²) >= 11 is 0. The Morgan fingerprint density at radius 1 is 1.38 bits per heavy atom. The van der Waals surface area contributed by atoms with Crippen molar-refractivity contribution in [1.29, 1.82) is 0 Å². The second-order valence-corrected chi connectivity index (χ2v) is 5.38. The van der Waals surface area contributed by atoms with E-state index in [-0.39, 0.29) is 11.6 Å². The van der Waals surface area contributed by atoms with Crippen molar-refractivity contribution in [2.75, 3.05) is 6.54 Å². The fraction of sp³-hybridized carbons (Fsp3) is 0.917. The summed E-state index contributed by atoms with van der Waals surface area (Å²) in [5, 5.41) is 6.10. The minimum absolute atomic E-state index is 0.0262. The fourth-order valence-electron chi connectivity index (χ4n) is 2.63. The van der Waals surface area contributed by atoms with Crippen molar-refractivity contribution in [3.05, 3.63) is 0 Å². The highest BCUT2D eigenvalue weighted by Gasteiger charge is 2.38. The first-order valence-corrected chi connectivity index (χ1v) is 6.45. The standard InChI is InChI=1S/C12H23N3O/c1-9-4-2-3-7-12(9,8-13)15-11(16)14-10-5-6-10/h9-10H,2-8,13H2,1H3,(H2,14,15,16). The van der Waals surface area contributed by atoms with Gasteiger partial charge in [-0.3, -0.25) is 0 Å². The third-order valence-corrected chi connectivity index (χ3v) is 4.09. The Morgan fingerprint density at radius 3 is 2.69 bits per heavy atom. The van der Waals surface area contributed by atoms with Crippen LogP contribution in [-0.2, 0) is 0 Å². The van der Waals surface area contributed by atoms with E-state index in [1.54, 1.807) is 0 Å². The first kappa shape index (κ1) is 11.7. The average Bonchev–Trinajstić information content (AvgIpc) is 3.05. The smallest absolute Gasteiger partial charge is 0.315 e. The zero-order valence-electron chi connectivity index (χ0n) is 10.1. The van der Waals surface area contributed by atoms with Crippen molar-refractivity contribution in [2.24, 2.45) is 11.7 Å². The molecular weight excluding hydrogens is 202 g/mol. The SMILES string of the molecule is CC1CCCCC1(CN)NC(=O)NC1CC1. The highest BCUT2D eigenvalue weighted by molar-refractivity contribution is 5.75. The van der Waals surface area contributed by atoms with E-state index in [9.17, 15) is 4.79 Å². The molecule has 0 aliphatic heterocycles. The Morgan fingerprint density at radius 2 is 2.12 bits per heavy atom. The molecule has 92 valence electrons. The zero-order chi connectivity index (χ0) is 11.6. The molecule has 2 unspecified atom stereocenters. The molecule has 0 bridgehead atoms. The lowest BCUT2D eigenvalue weighted by atomic mass is 9.73. The first-order valence-electron chi connectivity index (χ1n) is 6.45. The van der Waals surface area contributed by atoms with Gasteiger partial charge in [0.2, 0.25) is 0 Å². The summed E-state index contributed by atoms with van der Waals surface area (Å²) in [5.74, 6) is 0.483. The Hall–Kier alpha value is -0.770. The van der Waals surface area contributed by atoms with Crippen LogP contribution in [0.5, 0.6) is 0 Å². The third kappa shape index (κ3) is 2.48. The molecule has 0 spiro atoms. The van der Waals surface area contributed by atoms with Crippen LogP contribution in [0.1, 0.15) is 45.4 Å². The van der Waals surface area contributed by atoms with E-state index in [1.807, 2.05) is 0 Å². The third-order valence-electron chi connectivity index (χ3n) is 4.09. The van der Waals surface area contributed by atoms with E-state index >= 15 is 0 Å². The molecule has 2 atom stereocenters. The zero-order valence-corrected chi connectivity index (χ0v) is 10.1. The number of nitrogens with two attached hydrogens (primary N) is 1. The molecule has 2 rings (SSSR count). The van der Waals surface area contributed by atoms with Gasteiger partial charge in [0.25, 0.3) is 0 Å². The quantitative estimate of drug-likeness (QED) is 0.679. The van der Waals surface area contributed by atoms with E-state index in [2.05, 4.69) is 17.6 Å². The molecule has 0 saturated heterocycles. The van der Waals surface area contributed by atoms with Crippen LogP contribution >= 0.6 is 0 Å². The van der Waals surface area contributed by atoms with Gasteiger partial charge in [-0.15, -0.1) is 0 Å². The summed E-state index contributed by atoms with van der Waals surface area (Å²) in [6.45, 7) is 2.75. The van der Waals surface area contributed by atoms with Crippen LogP contribution in [0.4, 0.5) is 4.79 Å². The van der Waals surface area contributed by atoms with Crippen LogP contribution in [0.3, 0.4) is 0 Å². The molecule has 2 fully saturated rings. The Kier molecular flexibility index (Phi) is 3.38. The average molecular weight is 225 g/mol. The minimum Gasteiger partial charge on any atom is -0.335 e. The molecule has 4 nitrogen and oxygen atoms in total. The molecule has 0 aromatic carbocycles. The van der Waals surface area contributed by atoms with Gasteiger partial charge in [0.15, 0.2) is 0 Å². The lowest BCUT2D eigenvalue weighted by molar-refractivity contribution is 0.160. The second-order valence-electron chi connectivity index (χ2n) is 5.38. The monoisotopic (exact) mass is 225 g/mol. The number of carbonyl (C=O) groups is 1. The van der Waals surface area contributed by atoms with Crippen LogP contribution in [0.15, 0.2) is 0 Å². The summed E-state index contributed by atoms with van der Waals surface area (Å²) in [4.78, 5) is 11.8. The molecule has 4 N–H and O–H groups in total. The van der Waals surface area contributed by atoms with Crippen LogP contribution < -0.4 is 16.4 Å². The Bertz CT molecular complexity index is 265. The number of amides is 2. The lowest BCUT2D eigenvalue weighted by Gasteiger charge is -2.42. The molecule has 0 aromatic rings. The molecule has 16 heavy (non-hydrogen) atoms. The van der Waals surface area contributed by atoms with Crippen LogP contribution in [0.25, 0.3) is 0 Å². The van der Waals surface area contributed by atoms with Gasteiger partial charge in [-0.05, 0) is 31.6 Å². The predicted molar refractivity (Wildman–Crippen MR) is 64.1 cm³/mol. The normalized spacial score (nSPS) is 34.5. The van der Waals surface area contributed by atoms with Crippen molar-refractivity contribution >= 4 is 6.03 Å².